The van der Waals surface area contributed by atoms with Gasteiger partial charge in [0.15, 0.2) is 0 Å². The van der Waals surface area contributed by atoms with Gasteiger partial charge in [-0.3, -0.25) is 9.59 Å². The largest absolute Gasteiger partial charge is 0.343 e. The van der Waals surface area contributed by atoms with E-state index >= 15 is 0 Å². The highest BCUT2D eigenvalue weighted by molar-refractivity contribution is 6.30. The van der Waals surface area contributed by atoms with Crippen molar-refractivity contribution >= 4 is 29.1 Å². The van der Waals surface area contributed by atoms with Gasteiger partial charge in [-0.1, -0.05) is 35.4 Å². The van der Waals surface area contributed by atoms with Gasteiger partial charge in [-0.15, -0.1) is 0 Å². The van der Waals surface area contributed by atoms with E-state index in [0.717, 1.165) is 5.56 Å². The first-order chi connectivity index (χ1) is 10.0. The van der Waals surface area contributed by atoms with E-state index < -0.39 is 0 Å². The minimum absolute atomic E-state index is 0.0979. The van der Waals surface area contributed by atoms with Gasteiger partial charge in [-0.2, -0.15) is 0 Å². The van der Waals surface area contributed by atoms with Crippen LogP contribution in [0, 0.1) is 6.92 Å². The molecule has 0 heterocycles. The van der Waals surface area contributed by atoms with Crippen molar-refractivity contribution < 1.29 is 9.59 Å². The van der Waals surface area contributed by atoms with Crippen molar-refractivity contribution in [2.75, 3.05) is 11.9 Å². The van der Waals surface area contributed by atoms with E-state index in [2.05, 4.69) is 10.6 Å². The topological polar surface area (TPSA) is 58.2 Å². The Balaban J connectivity index is 1.88. The van der Waals surface area contributed by atoms with Gasteiger partial charge in [-0.25, -0.2) is 0 Å². The predicted octanol–water partition coefficient (Wildman–Crippen LogP) is 3.02. The van der Waals surface area contributed by atoms with E-state index in [4.69, 9.17) is 11.6 Å². The van der Waals surface area contributed by atoms with E-state index in [9.17, 15) is 9.59 Å². The molecule has 2 rings (SSSR count). The molecule has 2 N–H and O–H groups in total. The quantitative estimate of drug-likeness (QED) is 0.912. The molecule has 0 atom stereocenters. The summed E-state index contributed by atoms with van der Waals surface area (Å²) in [5, 5.41) is 5.78. The molecular formula is C16H15ClN2O2. The third-order valence-corrected chi connectivity index (χ3v) is 3.03. The molecule has 0 aliphatic heterocycles. The lowest BCUT2D eigenvalue weighted by Gasteiger charge is -2.07. The van der Waals surface area contributed by atoms with Crippen molar-refractivity contribution in [2.24, 2.45) is 0 Å². The lowest BCUT2D eigenvalue weighted by molar-refractivity contribution is -0.115. The van der Waals surface area contributed by atoms with E-state index in [-0.39, 0.29) is 18.4 Å². The number of nitrogens with one attached hydrogen (secondary N) is 2. The molecule has 0 unspecified atom stereocenters. The van der Waals surface area contributed by atoms with Crippen LogP contribution in [-0.4, -0.2) is 18.4 Å². The van der Waals surface area contributed by atoms with Crippen LogP contribution in [0.4, 0.5) is 5.69 Å². The molecule has 0 bridgehead atoms. The van der Waals surface area contributed by atoms with Gasteiger partial charge in [0.1, 0.15) is 0 Å². The summed E-state index contributed by atoms with van der Waals surface area (Å²) in [5.74, 6) is -0.585. The molecule has 2 amide bonds. The Morgan fingerprint density at radius 2 is 1.86 bits per heavy atom. The van der Waals surface area contributed by atoms with Gasteiger partial charge < -0.3 is 10.6 Å². The number of aryl methyl sites for hydroxylation is 1. The number of carbonyl (C=O) groups excluding carboxylic acids is 2. The number of anilines is 1. The van der Waals surface area contributed by atoms with Crippen molar-refractivity contribution in [3.05, 3.63) is 64.7 Å². The molecule has 2 aromatic rings. The van der Waals surface area contributed by atoms with Gasteiger partial charge >= 0.3 is 0 Å². The fraction of sp³-hybridized carbons (Fsp3) is 0.125. The van der Waals surface area contributed by atoms with Crippen LogP contribution in [0.25, 0.3) is 0 Å². The van der Waals surface area contributed by atoms with E-state index in [1.165, 1.54) is 0 Å². The van der Waals surface area contributed by atoms with Gasteiger partial charge in [0, 0.05) is 16.3 Å². The highest BCUT2D eigenvalue weighted by atomic mass is 35.5. The van der Waals surface area contributed by atoms with Gasteiger partial charge in [0.2, 0.25) is 5.91 Å². The summed E-state index contributed by atoms with van der Waals surface area (Å²) in [6, 6.07) is 14.0. The van der Waals surface area contributed by atoms with Gasteiger partial charge in [0.05, 0.1) is 6.54 Å². The maximum Gasteiger partial charge on any atom is 0.251 e. The molecule has 0 aliphatic carbocycles. The number of carbonyl (C=O) groups is 2. The van der Waals surface area contributed by atoms with Crippen LogP contribution >= 0.6 is 11.6 Å². The molecule has 0 saturated heterocycles. The second kappa shape index (κ2) is 6.90. The number of halogens is 1. The van der Waals surface area contributed by atoms with Crippen LogP contribution < -0.4 is 10.6 Å². The van der Waals surface area contributed by atoms with Crippen molar-refractivity contribution in [3.8, 4) is 0 Å². The Hall–Kier alpha value is -2.33. The van der Waals surface area contributed by atoms with Crippen LogP contribution in [0.2, 0.25) is 5.02 Å². The van der Waals surface area contributed by atoms with Crippen molar-refractivity contribution in [3.63, 3.8) is 0 Å². The van der Waals surface area contributed by atoms with Crippen molar-refractivity contribution in [1.29, 1.82) is 0 Å². The molecule has 4 nitrogen and oxygen atoms in total. The first-order valence-corrected chi connectivity index (χ1v) is 6.83. The standard InChI is InChI=1S/C16H15ClN2O2/c1-11-4-2-5-12(8-11)16(21)18-10-15(20)19-14-7-3-6-13(17)9-14/h2-9H,10H2,1H3,(H,18,21)(H,19,20). The second-order valence-corrected chi connectivity index (χ2v) is 5.05. The molecule has 0 fully saturated rings. The summed E-state index contributed by atoms with van der Waals surface area (Å²) in [7, 11) is 0. The Morgan fingerprint density at radius 3 is 2.57 bits per heavy atom. The fourth-order valence-electron chi connectivity index (χ4n) is 1.82. The summed E-state index contributed by atoms with van der Waals surface area (Å²) in [6.07, 6.45) is 0. The average Bonchev–Trinajstić information content (AvgIpc) is 2.45. The van der Waals surface area contributed by atoms with Crippen LogP contribution in [0.15, 0.2) is 48.5 Å². The lowest BCUT2D eigenvalue weighted by Crippen LogP contribution is -2.32. The number of hydrogen-bond acceptors (Lipinski definition) is 2. The smallest absolute Gasteiger partial charge is 0.251 e. The third kappa shape index (κ3) is 4.61. The zero-order valence-corrected chi connectivity index (χ0v) is 12.3. The van der Waals surface area contributed by atoms with E-state index in [1.807, 2.05) is 13.0 Å². The maximum atomic E-state index is 11.9. The van der Waals surface area contributed by atoms with E-state index in [0.29, 0.717) is 16.3 Å². The van der Waals surface area contributed by atoms with Crippen LogP contribution in [0.5, 0.6) is 0 Å². The Bertz CT molecular complexity index is 671. The molecule has 0 saturated carbocycles. The summed E-state index contributed by atoms with van der Waals surface area (Å²) >= 11 is 5.83. The molecule has 0 spiro atoms. The first-order valence-electron chi connectivity index (χ1n) is 6.45. The average molecular weight is 303 g/mol. The normalized spacial score (nSPS) is 10.0. The highest BCUT2D eigenvalue weighted by Crippen LogP contribution is 2.14. The lowest BCUT2D eigenvalue weighted by atomic mass is 10.1. The fourth-order valence-corrected chi connectivity index (χ4v) is 2.01. The summed E-state index contributed by atoms with van der Waals surface area (Å²) < 4.78 is 0. The minimum atomic E-state index is -0.307. The van der Waals surface area contributed by atoms with Gasteiger partial charge in [0.25, 0.3) is 5.91 Å². The SMILES string of the molecule is Cc1cccc(C(=O)NCC(=O)Nc2cccc(Cl)c2)c1. The molecule has 5 heteroatoms. The molecule has 0 radical (unpaired) electrons. The minimum Gasteiger partial charge on any atom is -0.343 e. The van der Waals surface area contributed by atoms with Crippen molar-refractivity contribution in [1.82, 2.24) is 5.32 Å². The zero-order chi connectivity index (χ0) is 15.2. The number of benzene rings is 2. The van der Waals surface area contributed by atoms with Gasteiger partial charge in [-0.05, 0) is 37.3 Å². The number of rotatable bonds is 4. The summed E-state index contributed by atoms with van der Waals surface area (Å²) in [6.45, 7) is 1.81. The third-order valence-electron chi connectivity index (χ3n) is 2.80. The van der Waals surface area contributed by atoms with E-state index in [1.54, 1.807) is 42.5 Å². The Labute approximate surface area is 128 Å². The van der Waals surface area contributed by atoms with Crippen molar-refractivity contribution in [2.45, 2.75) is 6.92 Å². The van der Waals surface area contributed by atoms with Crippen LogP contribution in [0.3, 0.4) is 0 Å². The molecule has 2 aromatic carbocycles. The molecule has 21 heavy (non-hydrogen) atoms. The molecular weight excluding hydrogens is 288 g/mol. The molecule has 108 valence electrons. The Morgan fingerprint density at radius 1 is 1.10 bits per heavy atom. The number of hydrogen-bond donors (Lipinski definition) is 2. The molecule has 0 aliphatic rings. The predicted molar refractivity (Wildman–Crippen MR) is 83.6 cm³/mol. The highest BCUT2D eigenvalue weighted by Gasteiger charge is 2.08. The second-order valence-electron chi connectivity index (χ2n) is 4.61. The van der Waals surface area contributed by atoms with Crippen LogP contribution in [0.1, 0.15) is 15.9 Å². The first kappa shape index (κ1) is 15.1. The zero-order valence-electron chi connectivity index (χ0n) is 11.5. The summed E-state index contributed by atoms with van der Waals surface area (Å²) in [4.78, 5) is 23.7. The Kier molecular flexibility index (Phi) is 4.95. The summed E-state index contributed by atoms with van der Waals surface area (Å²) in [5.41, 5.74) is 2.12. The molecule has 0 aromatic heterocycles. The van der Waals surface area contributed by atoms with Crippen LogP contribution in [-0.2, 0) is 4.79 Å². The maximum absolute atomic E-state index is 11.9. The monoisotopic (exact) mass is 302 g/mol. The number of amides is 2.